The van der Waals surface area contributed by atoms with Crippen LogP contribution in [0.4, 0.5) is 0 Å². The van der Waals surface area contributed by atoms with E-state index in [1.807, 2.05) is 18.3 Å². The Kier molecular flexibility index (Phi) is 9.30. The molecule has 5 aromatic rings. The molecule has 1 radical (unpaired) electrons. The van der Waals surface area contributed by atoms with Gasteiger partial charge in [-0.15, -0.1) is 17.7 Å². The van der Waals surface area contributed by atoms with Crippen molar-refractivity contribution < 1.29 is 34.4 Å². The molecule has 5 heteroatoms. The minimum atomic E-state index is -0.125. The Morgan fingerprint density at radius 3 is 2.37 bits per heavy atom. The molecule has 0 atom stereocenters. The van der Waals surface area contributed by atoms with Gasteiger partial charge in [0, 0.05) is 37.8 Å². The molecule has 3 aromatic carbocycles. The van der Waals surface area contributed by atoms with Gasteiger partial charge in [0.15, 0.2) is 5.78 Å². The number of aliphatic hydroxyl groups is 1. The van der Waals surface area contributed by atoms with Gasteiger partial charge in [-0.05, 0) is 66.3 Å². The second kappa shape index (κ2) is 12.1. The second-order valence-electron chi connectivity index (χ2n) is 9.93. The maximum atomic E-state index is 10.0. The average molecular weight is 685 g/mol. The van der Waals surface area contributed by atoms with Crippen molar-refractivity contribution in [1.29, 1.82) is 0 Å². The van der Waals surface area contributed by atoms with Crippen LogP contribution >= 0.6 is 0 Å². The molecule has 0 amide bonds. The van der Waals surface area contributed by atoms with E-state index < -0.39 is 0 Å². The van der Waals surface area contributed by atoms with Crippen LogP contribution in [0.3, 0.4) is 0 Å². The summed E-state index contributed by atoms with van der Waals surface area (Å²) in [7, 11) is 0. The molecular formula is C33H34IrNO3-. The van der Waals surface area contributed by atoms with Gasteiger partial charge in [-0.2, -0.15) is 0 Å². The van der Waals surface area contributed by atoms with Crippen molar-refractivity contribution in [2.24, 2.45) is 0 Å². The number of hydrogen-bond acceptors (Lipinski definition) is 4. The number of para-hydroxylation sites is 1. The fourth-order valence-electron chi connectivity index (χ4n) is 4.77. The number of aromatic nitrogens is 1. The van der Waals surface area contributed by atoms with E-state index in [-0.39, 0.29) is 37.1 Å². The number of nitrogens with zero attached hydrogens (tertiary/aromatic N) is 1. The molecule has 0 fully saturated rings. The molecule has 0 aliphatic rings. The second-order valence-corrected chi connectivity index (χ2v) is 9.93. The molecule has 1 N–H and O–H groups in total. The van der Waals surface area contributed by atoms with E-state index in [1.165, 1.54) is 30.9 Å². The number of aryl methyl sites for hydroxylation is 1. The van der Waals surface area contributed by atoms with E-state index in [1.54, 1.807) is 0 Å². The number of ketones is 1. The summed E-state index contributed by atoms with van der Waals surface area (Å²) in [6.07, 6.45) is 5.32. The predicted molar refractivity (Wildman–Crippen MR) is 153 cm³/mol. The molecular weight excluding hydrogens is 651 g/mol. The molecule has 0 bridgehead atoms. The maximum absolute atomic E-state index is 10.0. The van der Waals surface area contributed by atoms with Crippen molar-refractivity contribution in [3.63, 3.8) is 0 Å². The van der Waals surface area contributed by atoms with E-state index in [4.69, 9.17) is 14.5 Å². The van der Waals surface area contributed by atoms with E-state index in [2.05, 4.69) is 76.2 Å². The number of allylic oxidation sites excluding steroid dienone is 2. The van der Waals surface area contributed by atoms with Crippen molar-refractivity contribution in [2.45, 2.75) is 59.8 Å². The summed E-state index contributed by atoms with van der Waals surface area (Å²) >= 11 is 0. The molecule has 2 aromatic heterocycles. The quantitative estimate of drug-likeness (QED) is 0.114. The van der Waals surface area contributed by atoms with Gasteiger partial charge in [-0.3, -0.25) is 4.79 Å². The van der Waals surface area contributed by atoms with Crippen molar-refractivity contribution in [3.8, 4) is 11.3 Å². The number of carbonyl (C=O) groups excluding carboxylic acids is 1. The largest absolute Gasteiger partial charge is 0.512 e. The summed E-state index contributed by atoms with van der Waals surface area (Å²) in [5.74, 6) is -0.0625. The van der Waals surface area contributed by atoms with Gasteiger partial charge in [0.25, 0.3) is 0 Å². The number of rotatable bonds is 5. The van der Waals surface area contributed by atoms with E-state index in [9.17, 15) is 4.79 Å². The van der Waals surface area contributed by atoms with Gasteiger partial charge in [0.05, 0.1) is 11.3 Å². The first-order valence-corrected chi connectivity index (χ1v) is 12.8. The summed E-state index contributed by atoms with van der Waals surface area (Å²) in [6.45, 7) is 11.8. The van der Waals surface area contributed by atoms with Crippen molar-refractivity contribution in [2.75, 3.05) is 0 Å². The minimum absolute atomic E-state index is 0. The molecule has 0 saturated carbocycles. The molecule has 38 heavy (non-hydrogen) atoms. The third-order valence-corrected chi connectivity index (χ3v) is 7.21. The zero-order valence-electron chi connectivity index (χ0n) is 22.8. The zero-order valence-corrected chi connectivity index (χ0v) is 25.2. The third-order valence-electron chi connectivity index (χ3n) is 7.21. The Balaban J connectivity index is 0.000000444. The predicted octanol–water partition coefficient (Wildman–Crippen LogP) is 9.02. The van der Waals surface area contributed by atoms with Crippen LogP contribution in [-0.4, -0.2) is 15.9 Å². The number of hydrogen-bond donors (Lipinski definition) is 1. The normalized spacial score (nSPS) is 11.8. The summed E-state index contributed by atoms with van der Waals surface area (Å²) in [5, 5.41) is 13.0. The van der Waals surface area contributed by atoms with E-state index >= 15 is 0 Å². The molecule has 0 unspecified atom stereocenters. The fraction of sp³-hybridized carbons (Fsp3) is 0.273. The Bertz CT molecular complexity index is 1620. The summed E-state index contributed by atoms with van der Waals surface area (Å²) < 4.78 is 6.28. The SMILES string of the molecule is CC(=O)/C=C(/C)O.CCC(C)(CC)c1ccc2c(-c3[c-]c(C)cc4c3oc3ccccc34)nccc2c1.[Ir]. The first-order valence-electron chi connectivity index (χ1n) is 12.8. The van der Waals surface area contributed by atoms with Crippen molar-refractivity contribution in [3.05, 3.63) is 89.8 Å². The van der Waals surface area contributed by atoms with E-state index in [0.29, 0.717) is 0 Å². The maximum Gasteiger partial charge on any atom is 0.155 e. The number of aliphatic hydroxyl groups excluding tert-OH is 1. The number of carbonyl (C=O) groups is 1. The van der Waals surface area contributed by atoms with Crippen LogP contribution in [0, 0.1) is 13.0 Å². The van der Waals surface area contributed by atoms with Crippen molar-refractivity contribution >= 4 is 38.5 Å². The topological polar surface area (TPSA) is 63.3 Å². The minimum Gasteiger partial charge on any atom is -0.512 e. The van der Waals surface area contributed by atoms with Crippen LogP contribution in [0.2, 0.25) is 0 Å². The standard InChI is InChI=1S/C28H26NO.C5H8O2.Ir/c1-5-28(4,6-2)20-11-12-21-19(17-20)13-14-29-26(21)24-16-18(3)15-23-22-9-7-8-10-25(22)30-27(23)24;1-4(6)3-5(2)7;/h7-15,17H,5-6H2,1-4H3;3,6H,1-2H3;/q-1;;/b;4-3-;. The Morgan fingerprint density at radius 2 is 1.74 bits per heavy atom. The molecule has 5 rings (SSSR count). The van der Waals surface area contributed by atoms with Crippen LogP contribution in [0.1, 0.15) is 58.6 Å². The van der Waals surface area contributed by atoms with Crippen LogP contribution in [0.5, 0.6) is 0 Å². The van der Waals surface area contributed by atoms with Crippen LogP contribution in [0.25, 0.3) is 44.0 Å². The number of fused-ring (bicyclic) bond motifs is 4. The number of benzene rings is 3. The van der Waals surface area contributed by atoms with E-state index in [0.717, 1.165) is 57.0 Å². The number of pyridine rings is 1. The van der Waals surface area contributed by atoms with Gasteiger partial charge in [-0.1, -0.05) is 75.0 Å². The molecule has 2 heterocycles. The molecule has 0 aliphatic heterocycles. The Morgan fingerprint density at radius 1 is 1.03 bits per heavy atom. The summed E-state index contributed by atoms with van der Waals surface area (Å²) in [4.78, 5) is 14.8. The fourth-order valence-corrected chi connectivity index (χ4v) is 4.77. The molecule has 4 nitrogen and oxygen atoms in total. The first kappa shape index (κ1) is 29.3. The van der Waals surface area contributed by atoms with Gasteiger partial charge >= 0.3 is 0 Å². The molecule has 0 aliphatic carbocycles. The Hall–Kier alpha value is -3.27. The monoisotopic (exact) mass is 685 g/mol. The molecule has 0 spiro atoms. The Labute approximate surface area is 238 Å². The van der Waals surface area contributed by atoms with Gasteiger partial charge in [0.2, 0.25) is 0 Å². The van der Waals surface area contributed by atoms with Gasteiger partial charge in [-0.25, -0.2) is 0 Å². The zero-order chi connectivity index (χ0) is 26.7. The average Bonchev–Trinajstić information content (AvgIpc) is 3.25. The summed E-state index contributed by atoms with van der Waals surface area (Å²) in [6, 6.07) is 22.8. The van der Waals surface area contributed by atoms with Crippen LogP contribution in [-0.2, 0) is 30.3 Å². The van der Waals surface area contributed by atoms with Gasteiger partial charge in [0.1, 0.15) is 5.58 Å². The number of furan rings is 1. The van der Waals surface area contributed by atoms with Crippen LogP contribution in [0.15, 0.2) is 77.0 Å². The van der Waals surface area contributed by atoms with Crippen LogP contribution < -0.4 is 0 Å². The molecule has 0 saturated heterocycles. The van der Waals surface area contributed by atoms with Gasteiger partial charge < -0.3 is 14.5 Å². The molecule has 199 valence electrons. The van der Waals surface area contributed by atoms with Crippen molar-refractivity contribution in [1.82, 2.24) is 4.98 Å². The first-order chi connectivity index (χ1) is 17.7. The summed E-state index contributed by atoms with van der Waals surface area (Å²) in [5.41, 5.74) is 6.30. The third kappa shape index (κ3) is 5.90. The smallest absolute Gasteiger partial charge is 0.155 e.